The van der Waals surface area contributed by atoms with E-state index in [0.717, 1.165) is 5.56 Å². The van der Waals surface area contributed by atoms with Crippen molar-refractivity contribution in [1.82, 2.24) is 0 Å². The molecule has 3 nitrogen and oxygen atoms in total. The van der Waals surface area contributed by atoms with E-state index in [1.807, 2.05) is 45.0 Å². The van der Waals surface area contributed by atoms with Gasteiger partial charge >= 0.3 is 6.09 Å². The van der Waals surface area contributed by atoms with Crippen molar-refractivity contribution in [2.24, 2.45) is 0 Å². The number of hydrogen-bond acceptors (Lipinski definition) is 2. The molecular weight excluding hydrogens is 266 g/mol. The van der Waals surface area contributed by atoms with Crippen LogP contribution in [0.3, 0.4) is 0 Å². The van der Waals surface area contributed by atoms with Gasteiger partial charge in [0.05, 0.1) is 0 Å². The lowest BCUT2D eigenvalue weighted by Gasteiger charge is -2.19. The minimum absolute atomic E-state index is 0.446. The van der Waals surface area contributed by atoms with E-state index in [2.05, 4.69) is 36.4 Å². The van der Waals surface area contributed by atoms with Gasteiger partial charge in [0, 0.05) is 11.3 Å². The molecule has 1 rings (SSSR count). The average Bonchev–Trinajstić information content (AvgIpc) is 2.24. The maximum Gasteiger partial charge on any atom is 0.412 e. The predicted molar refractivity (Wildman–Crippen MR) is 86.5 cm³/mol. The lowest BCUT2D eigenvalue weighted by Crippen LogP contribution is -2.27. The van der Waals surface area contributed by atoms with E-state index >= 15 is 0 Å². The van der Waals surface area contributed by atoms with Gasteiger partial charge in [-0.1, -0.05) is 25.6 Å². The van der Waals surface area contributed by atoms with Crippen molar-refractivity contribution in [2.45, 2.75) is 46.0 Å². The third-order valence-electron chi connectivity index (χ3n) is 2.11. The highest BCUT2D eigenvalue weighted by atomic mass is 28.3. The summed E-state index contributed by atoms with van der Waals surface area (Å²) in [5, 5.41) is 2.70. The third-order valence-corrected chi connectivity index (χ3v) is 2.99. The molecule has 0 aliphatic carbocycles. The Balaban J connectivity index is 2.67. The van der Waals surface area contributed by atoms with Gasteiger partial charge in [-0.15, -0.1) is 5.54 Å². The lowest BCUT2D eigenvalue weighted by atomic mass is 10.2. The van der Waals surface area contributed by atoms with Crippen LogP contribution in [0.15, 0.2) is 24.3 Å². The Labute approximate surface area is 122 Å². The quantitative estimate of drug-likeness (QED) is 0.619. The standard InChI is InChI=1S/C16H23NO2Si/c1-16(2,3)19-15(18)17-14-9-7-13(8-10-14)11-12-20(4,5)6/h7-10H,1-6H3,(H,17,18). The molecule has 1 amide bonds. The number of ether oxygens (including phenoxy) is 1. The first-order valence-electron chi connectivity index (χ1n) is 6.68. The van der Waals surface area contributed by atoms with Gasteiger partial charge in [0.2, 0.25) is 0 Å². The van der Waals surface area contributed by atoms with Gasteiger partial charge in [-0.25, -0.2) is 4.79 Å². The van der Waals surface area contributed by atoms with Crippen molar-refractivity contribution in [3.63, 3.8) is 0 Å². The number of benzene rings is 1. The van der Waals surface area contributed by atoms with E-state index in [0.29, 0.717) is 5.69 Å². The summed E-state index contributed by atoms with van der Waals surface area (Å²) >= 11 is 0. The van der Waals surface area contributed by atoms with Crippen LogP contribution in [0.4, 0.5) is 10.5 Å². The van der Waals surface area contributed by atoms with Crippen LogP contribution in [0.2, 0.25) is 19.6 Å². The minimum Gasteiger partial charge on any atom is -0.444 e. The van der Waals surface area contributed by atoms with Crippen LogP contribution in [0.5, 0.6) is 0 Å². The van der Waals surface area contributed by atoms with Crippen molar-refractivity contribution in [1.29, 1.82) is 0 Å². The van der Waals surface area contributed by atoms with Crippen LogP contribution in [0.25, 0.3) is 0 Å². The van der Waals surface area contributed by atoms with Crippen molar-refractivity contribution < 1.29 is 9.53 Å². The fourth-order valence-electron chi connectivity index (χ4n) is 1.32. The molecular formula is C16H23NO2Si. The number of hydrogen-bond donors (Lipinski definition) is 1. The Bertz CT molecular complexity index is 525. The van der Waals surface area contributed by atoms with Crippen molar-refractivity contribution in [3.05, 3.63) is 29.8 Å². The van der Waals surface area contributed by atoms with Crippen LogP contribution in [-0.4, -0.2) is 19.8 Å². The zero-order valence-corrected chi connectivity index (χ0v) is 14.1. The predicted octanol–water partition coefficient (Wildman–Crippen LogP) is 4.26. The monoisotopic (exact) mass is 289 g/mol. The van der Waals surface area contributed by atoms with E-state index in [-0.39, 0.29) is 0 Å². The molecule has 0 atom stereocenters. The number of rotatable bonds is 1. The maximum absolute atomic E-state index is 11.6. The second kappa shape index (κ2) is 6.15. The molecule has 108 valence electrons. The molecule has 0 heterocycles. The van der Waals surface area contributed by atoms with Crippen LogP contribution >= 0.6 is 0 Å². The molecule has 1 aromatic rings. The molecule has 0 aliphatic rings. The molecule has 0 saturated carbocycles. The van der Waals surface area contributed by atoms with Gasteiger partial charge in [-0.3, -0.25) is 5.32 Å². The zero-order valence-electron chi connectivity index (χ0n) is 13.1. The molecule has 1 aromatic carbocycles. The van der Waals surface area contributed by atoms with E-state index in [9.17, 15) is 4.79 Å². The van der Waals surface area contributed by atoms with E-state index in [1.54, 1.807) is 0 Å². The molecule has 1 N–H and O–H groups in total. The highest BCUT2D eigenvalue weighted by Gasteiger charge is 2.16. The minimum atomic E-state index is -1.36. The number of carbonyl (C=O) groups excluding carboxylic acids is 1. The van der Waals surface area contributed by atoms with Crippen LogP contribution in [0.1, 0.15) is 26.3 Å². The van der Waals surface area contributed by atoms with E-state index in [4.69, 9.17) is 4.74 Å². The molecule has 0 spiro atoms. The Morgan fingerprint density at radius 1 is 1.15 bits per heavy atom. The fourth-order valence-corrected chi connectivity index (χ4v) is 1.84. The second-order valence-electron chi connectivity index (χ2n) is 6.70. The fraction of sp³-hybridized carbons (Fsp3) is 0.438. The van der Waals surface area contributed by atoms with Crippen molar-refractivity contribution in [2.75, 3.05) is 5.32 Å². The molecule has 20 heavy (non-hydrogen) atoms. The Morgan fingerprint density at radius 3 is 2.15 bits per heavy atom. The second-order valence-corrected chi connectivity index (χ2v) is 11.5. The topological polar surface area (TPSA) is 38.3 Å². The Morgan fingerprint density at radius 2 is 1.70 bits per heavy atom. The van der Waals surface area contributed by atoms with E-state index in [1.165, 1.54) is 0 Å². The maximum atomic E-state index is 11.6. The van der Waals surface area contributed by atoms with Gasteiger partial charge in [0.15, 0.2) is 0 Å². The highest BCUT2D eigenvalue weighted by Crippen LogP contribution is 2.12. The molecule has 0 unspecified atom stereocenters. The van der Waals surface area contributed by atoms with Crippen molar-refractivity contribution in [3.8, 4) is 11.5 Å². The molecule has 4 heteroatoms. The first-order valence-corrected chi connectivity index (χ1v) is 10.2. The average molecular weight is 289 g/mol. The first kappa shape index (κ1) is 16.3. The Hall–Kier alpha value is -1.73. The van der Waals surface area contributed by atoms with Gasteiger partial charge in [0.1, 0.15) is 13.7 Å². The SMILES string of the molecule is CC(C)(C)OC(=O)Nc1ccc(C#C[Si](C)(C)C)cc1. The highest BCUT2D eigenvalue weighted by molar-refractivity contribution is 6.83. The summed E-state index contributed by atoms with van der Waals surface area (Å²) in [6.45, 7) is 12.1. The summed E-state index contributed by atoms with van der Waals surface area (Å²) in [6.07, 6.45) is -0.446. The number of anilines is 1. The molecule has 0 aromatic heterocycles. The summed E-state index contributed by atoms with van der Waals surface area (Å²) in [6, 6.07) is 7.47. The first-order chi connectivity index (χ1) is 9.05. The lowest BCUT2D eigenvalue weighted by molar-refractivity contribution is 0.0636. The van der Waals surface area contributed by atoms with E-state index < -0.39 is 19.8 Å². The van der Waals surface area contributed by atoms with Gasteiger partial charge in [0.25, 0.3) is 0 Å². The van der Waals surface area contributed by atoms with Crippen LogP contribution < -0.4 is 5.32 Å². The number of carbonyl (C=O) groups is 1. The number of nitrogens with one attached hydrogen (secondary N) is 1. The number of amides is 1. The zero-order chi connectivity index (χ0) is 15.4. The normalized spacial score (nSPS) is 11.3. The smallest absolute Gasteiger partial charge is 0.412 e. The molecule has 0 radical (unpaired) electrons. The summed E-state index contributed by atoms with van der Waals surface area (Å²) in [5.41, 5.74) is 4.48. The molecule has 0 saturated heterocycles. The summed E-state index contributed by atoms with van der Waals surface area (Å²) < 4.78 is 5.19. The summed E-state index contributed by atoms with van der Waals surface area (Å²) in [5.74, 6) is 3.17. The third kappa shape index (κ3) is 7.00. The Kier molecular flexibility index (Phi) is 5.02. The molecule has 0 aliphatic heterocycles. The molecule has 0 bridgehead atoms. The largest absolute Gasteiger partial charge is 0.444 e. The van der Waals surface area contributed by atoms with Crippen LogP contribution in [-0.2, 0) is 4.74 Å². The molecule has 0 fully saturated rings. The van der Waals surface area contributed by atoms with Gasteiger partial charge in [-0.05, 0) is 45.0 Å². The summed E-state index contributed by atoms with van der Waals surface area (Å²) in [7, 11) is -1.36. The van der Waals surface area contributed by atoms with Gasteiger partial charge in [-0.2, -0.15) is 0 Å². The van der Waals surface area contributed by atoms with Crippen LogP contribution in [0, 0.1) is 11.5 Å². The summed E-state index contributed by atoms with van der Waals surface area (Å²) in [4.78, 5) is 11.6. The van der Waals surface area contributed by atoms with Crippen molar-refractivity contribution >= 4 is 19.9 Å². The van der Waals surface area contributed by atoms with Gasteiger partial charge < -0.3 is 4.74 Å².